The summed E-state index contributed by atoms with van der Waals surface area (Å²) in [7, 11) is 0. The monoisotopic (exact) mass is 341 g/mol. The molecule has 0 aliphatic carbocycles. The van der Waals surface area contributed by atoms with Crippen LogP contribution >= 0.6 is 11.3 Å². The first-order valence-corrected chi connectivity index (χ1v) is 9.02. The number of H-pyrrole nitrogens is 1. The molecule has 0 spiro atoms. The van der Waals surface area contributed by atoms with Gasteiger partial charge >= 0.3 is 0 Å². The number of rotatable bonds is 4. The van der Waals surface area contributed by atoms with Gasteiger partial charge in [-0.3, -0.25) is 9.69 Å². The average molecular weight is 341 g/mol. The molecule has 1 aromatic carbocycles. The van der Waals surface area contributed by atoms with Crippen molar-refractivity contribution in [2.24, 2.45) is 0 Å². The molecule has 3 aromatic rings. The molecule has 6 nitrogen and oxygen atoms in total. The van der Waals surface area contributed by atoms with Crippen LogP contribution in [0.1, 0.15) is 24.6 Å². The topological polar surface area (TPSA) is 73.9 Å². The van der Waals surface area contributed by atoms with Crippen molar-refractivity contribution >= 4 is 33.4 Å². The summed E-state index contributed by atoms with van der Waals surface area (Å²) in [6.45, 7) is 2.20. The van der Waals surface area contributed by atoms with Crippen molar-refractivity contribution in [2.45, 2.75) is 18.8 Å². The van der Waals surface area contributed by atoms with Gasteiger partial charge in [-0.2, -0.15) is 0 Å². The third kappa shape index (κ3) is 3.32. The highest BCUT2D eigenvalue weighted by atomic mass is 32.1. The molecule has 1 saturated heterocycles. The number of nitrogens with one attached hydrogen (secondary N) is 2. The van der Waals surface area contributed by atoms with Gasteiger partial charge in [0.2, 0.25) is 5.91 Å². The van der Waals surface area contributed by atoms with Gasteiger partial charge in [-0.25, -0.2) is 9.97 Å². The summed E-state index contributed by atoms with van der Waals surface area (Å²) in [5.41, 5.74) is 2.08. The largest absolute Gasteiger partial charge is 0.342 e. The Labute approximate surface area is 143 Å². The second kappa shape index (κ2) is 6.70. The highest BCUT2D eigenvalue weighted by molar-refractivity contribution is 7.13. The Morgan fingerprint density at radius 1 is 1.42 bits per heavy atom. The van der Waals surface area contributed by atoms with Crippen LogP contribution in [0.3, 0.4) is 0 Å². The normalized spacial score (nSPS) is 18.8. The van der Waals surface area contributed by atoms with Gasteiger partial charge in [-0.15, -0.1) is 11.3 Å². The molecular formula is C17H19N5OS. The number of carbonyl (C=O) groups is 1. The van der Waals surface area contributed by atoms with E-state index in [1.165, 1.54) is 11.3 Å². The minimum atomic E-state index is -0.00444. The fraction of sp³-hybridized carbons (Fsp3) is 0.353. The summed E-state index contributed by atoms with van der Waals surface area (Å²) >= 11 is 1.44. The molecule has 4 rings (SSSR count). The van der Waals surface area contributed by atoms with E-state index >= 15 is 0 Å². The minimum Gasteiger partial charge on any atom is -0.342 e. The zero-order valence-electron chi connectivity index (χ0n) is 13.2. The number of aromatic amines is 1. The maximum absolute atomic E-state index is 12.2. The van der Waals surface area contributed by atoms with Gasteiger partial charge in [-0.1, -0.05) is 12.1 Å². The molecule has 24 heavy (non-hydrogen) atoms. The summed E-state index contributed by atoms with van der Waals surface area (Å²) in [6.07, 6.45) is 3.87. The molecule has 1 aliphatic heterocycles. The Kier molecular flexibility index (Phi) is 4.27. The zero-order chi connectivity index (χ0) is 16.4. The van der Waals surface area contributed by atoms with Crippen LogP contribution in [0.5, 0.6) is 0 Å². The van der Waals surface area contributed by atoms with E-state index in [1.807, 2.05) is 29.6 Å². The molecule has 0 saturated carbocycles. The molecular weight excluding hydrogens is 322 g/mol. The van der Waals surface area contributed by atoms with E-state index in [4.69, 9.17) is 4.98 Å². The molecule has 124 valence electrons. The van der Waals surface area contributed by atoms with Crippen LogP contribution in [0.2, 0.25) is 0 Å². The third-order valence-electron chi connectivity index (χ3n) is 4.35. The number of carbonyl (C=O) groups excluding carboxylic acids is 1. The highest BCUT2D eigenvalue weighted by Crippen LogP contribution is 2.26. The lowest BCUT2D eigenvalue weighted by Gasteiger charge is -2.31. The predicted molar refractivity (Wildman–Crippen MR) is 95.3 cm³/mol. The van der Waals surface area contributed by atoms with E-state index in [2.05, 4.69) is 20.2 Å². The van der Waals surface area contributed by atoms with Crippen LogP contribution in [0.15, 0.2) is 35.8 Å². The van der Waals surface area contributed by atoms with E-state index in [0.717, 1.165) is 42.8 Å². The van der Waals surface area contributed by atoms with Crippen LogP contribution in [0, 0.1) is 0 Å². The number of thiazole rings is 1. The molecule has 7 heteroatoms. The number of amides is 1. The Bertz CT molecular complexity index is 796. The fourth-order valence-corrected chi connectivity index (χ4v) is 3.78. The zero-order valence-corrected chi connectivity index (χ0v) is 14.1. The molecule has 0 radical (unpaired) electrons. The molecule has 1 fully saturated rings. The number of likely N-dealkylation sites (tertiary alicyclic amines) is 1. The predicted octanol–water partition coefficient (Wildman–Crippen LogP) is 2.84. The van der Waals surface area contributed by atoms with E-state index in [1.54, 1.807) is 6.20 Å². The van der Waals surface area contributed by atoms with Crippen molar-refractivity contribution in [3.8, 4) is 0 Å². The highest BCUT2D eigenvalue weighted by Gasteiger charge is 2.25. The maximum atomic E-state index is 12.2. The Hall–Kier alpha value is -2.25. The van der Waals surface area contributed by atoms with Gasteiger partial charge in [0, 0.05) is 24.0 Å². The quantitative estimate of drug-likeness (QED) is 0.765. The number of para-hydroxylation sites is 2. The number of nitrogens with zero attached hydrogens (tertiary/aromatic N) is 3. The van der Waals surface area contributed by atoms with Crippen molar-refractivity contribution in [1.29, 1.82) is 0 Å². The third-order valence-corrected chi connectivity index (χ3v) is 5.03. The first kappa shape index (κ1) is 15.3. The molecule has 3 heterocycles. The van der Waals surface area contributed by atoms with Crippen LogP contribution in [-0.2, 0) is 4.79 Å². The summed E-state index contributed by atoms with van der Waals surface area (Å²) in [4.78, 5) is 26.6. The second-order valence-corrected chi connectivity index (χ2v) is 6.99. The molecule has 0 unspecified atom stereocenters. The Morgan fingerprint density at radius 3 is 3.17 bits per heavy atom. The number of imidazole rings is 1. The Morgan fingerprint density at radius 2 is 2.33 bits per heavy atom. The first-order chi connectivity index (χ1) is 11.8. The summed E-state index contributed by atoms with van der Waals surface area (Å²) < 4.78 is 0. The van der Waals surface area contributed by atoms with Gasteiger partial charge in [0.05, 0.1) is 17.6 Å². The van der Waals surface area contributed by atoms with Crippen molar-refractivity contribution in [3.05, 3.63) is 41.7 Å². The van der Waals surface area contributed by atoms with Gasteiger partial charge < -0.3 is 10.3 Å². The number of benzene rings is 1. The smallest absolute Gasteiger partial charge is 0.240 e. The van der Waals surface area contributed by atoms with Crippen molar-refractivity contribution < 1.29 is 4.79 Å². The van der Waals surface area contributed by atoms with Gasteiger partial charge in [-0.05, 0) is 31.5 Å². The number of hydrogen-bond acceptors (Lipinski definition) is 5. The summed E-state index contributed by atoms with van der Waals surface area (Å²) in [5.74, 6) is 1.37. The van der Waals surface area contributed by atoms with Crippen LogP contribution in [-0.4, -0.2) is 45.4 Å². The standard InChI is InChI=1S/C17H19N5OS/c23-15(21-17-18-7-9-24-17)11-22-8-3-4-12(10-22)16-19-13-5-1-2-6-14(13)20-16/h1-2,5-7,9,12H,3-4,8,10-11H2,(H,19,20)(H,18,21,23)/t12-/m0/s1. The van der Waals surface area contributed by atoms with Crippen LogP contribution in [0.25, 0.3) is 11.0 Å². The van der Waals surface area contributed by atoms with Crippen molar-refractivity contribution in [3.63, 3.8) is 0 Å². The maximum Gasteiger partial charge on any atom is 0.240 e. The Balaban J connectivity index is 1.40. The van der Waals surface area contributed by atoms with Gasteiger partial charge in [0.1, 0.15) is 5.82 Å². The number of fused-ring (bicyclic) bond motifs is 1. The number of hydrogen-bond donors (Lipinski definition) is 2. The van der Waals surface area contributed by atoms with Crippen molar-refractivity contribution in [2.75, 3.05) is 25.0 Å². The average Bonchev–Trinajstić information content (AvgIpc) is 3.24. The van der Waals surface area contributed by atoms with E-state index in [9.17, 15) is 4.79 Å². The van der Waals surface area contributed by atoms with Crippen molar-refractivity contribution in [1.82, 2.24) is 19.9 Å². The molecule has 2 N–H and O–H groups in total. The van der Waals surface area contributed by atoms with Crippen LogP contribution < -0.4 is 5.32 Å². The molecule has 1 amide bonds. The minimum absolute atomic E-state index is 0.00444. The lowest BCUT2D eigenvalue weighted by molar-refractivity contribution is -0.117. The molecule has 1 aliphatic rings. The summed E-state index contributed by atoms with van der Waals surface area (Å²) in [5, 5.41) is 5.36. The molecule has 2 aromatic heterocycles. The number of piperidine rings is 1. The SMILES string of the molecule is O=C(CN1CCC[C@H](c2nc3ccccc3[nH]2)C1)Nc1nccs1. The number of anilines is 1. The summed E-state index contributed by atoms with van der Waals surface area (Å²) in [6, 6.07) is 8.09. The first-order valence-electron chi connectivity index (χ1n) is 8.14. The van der Waals surface area contributed by atoms with Gasteiger partial charge in [0.15, 0.2) is 5.13 Å². The lowest BCUT2D eigenvalue weighted by Crippen LogP contribution is -2.40. The fourth-order valence-electron chi connectivity index (χ4n) is 3.24. The van der Waals surface area contributed by atoms with E-state index < -0.39 is 0 Å². The molecule has 0 bridgehead atoms. The second-order valence-electron chi connectivity index (χ2n) is 6.10. The number of aromatic nitrogens is 3. The van der Waals surface area contributed by atoms with E-state index in [-0.39, 0.29) is 5.91 Å². The van der Waals surface area contributed by atoms with Gasteiger partial charge in [0.25, 0.3) is 0 Å². The lowest BCUT2D eigenvalue weighted by atomic mass is 9.97. The molecule has 1 atom stereocenters. The van der Waals surface area contributed by atoms with Crippen LogP contribution in [0.4, 0.5) is 5.13 Å². The van der Waals surface area contributed by atoms with E-state index in [0.29, 0.717) is 17.6 Å².